The van der Waals surface area contributed by atoms with Crippen LogP contribution in [0.4, 0.5) is 10.5 Å². The summed E-state index contributed by atoms with van der Waals surface area (Å²) in [6, 6.07) is 12.4. The summed E-state index contributed by atoms with van der Waals surface area (Å²) in [4.78, 5) is 37.3. The minimum atomic E-state index is -1.23. The highest BCUT2D eigenvalue weighted by Gasteiger charge is 2.27. The molecule has 0 saturated carbocycles. The molecule has 0 aliphatic carbocycles. The van der Waals surface area contributed by atoms with E-state index in [4.69, 9.17) is 32.7 Å². The standard InChI is InChI=1S/C22H24Cl2N2O5/c1-22(2,3)31-21(29)26-18(12-19(27)30-13-14-7-5-4-6-8-14)20(28)25-15-9-10-16(23)17(24)11-15/h4-11,18H,12-13H2,1-3H3,(H,25,28)(H,26,29)/t18-/m0/s1. The van der Waals surface area contributed by atoms with Gasteiger partial charge in [0.2, 0.25) is 5.91 Å². The molecule has 31 heavy (non-hydrogen) atoms. The third-order valence-corrected chi connectivity index (χ3v) is 4.55. The van der Waals surface area contributed by atoms with Crippen LogP contribution >= 0.6 is 23.2 Å². The molecule has 0 saturated heterocycles. The van der Waals surface area contributed by atoms with Crippen molar-refractivity contribution in [1.82, 2.24) is 5.32 Å². The van der Waals surface area contributed by atoms with Crippen molar-refractivity contribution in [3.8, 4) is 0 Å². The molecule has 0 radical (unpaired) electrons. The van der Waals surface area contributed by atoms with E-state index >= 15 is 0 Å². The average Bonchev–Trinajstić information content (AvgIpc) is 2.68. The second kappa shape index (κ2) is 11.0. The van der Waals surface area contributed by atoms with E-state index in [1.807, 2.05) is 18.2 Å². The molecule has 2 N–H and O–H groups in total. The summed E-state index contributed by atoms with van der Waals surface area (Å²) in [6.45, 7) is 5.11. The van der Waals surface area contributed by atoms with E-state index in [1.54, 1.807) is 39.0 Å². The lowest BCUT2D eigenvalue weighted by molar-refractivity contribution is -0.146. The van der Waals surface area contributed by atoms with Gasteiger partial charge < -0.3 is 20.1 Å². The third-order valence-electron chi connectivity index (χ3n) is 3.81. The number of ether oxygens (including phenoxy) is 2. The Labute approximate surface area is 191 Å². The number of carbonyl (C=O) groups is 3. The molecular formula is C22H24Cl2N2O5. The van der Waals surface area contributed by atoms with Gasteiger partial charge in [-0.3, -0.25) is 9.59 Å². The first-order valence-electron chi connectivity index (χ1n) is 9.48. The molecule has 0 aliphatic rings. The van der Waals surface area contributed by atoms with Crippen LogP contribution in [0.15, 0.2) is 48.5 Å². The number of carbonyl (C=O) groups excluding carboxylic acids is 3. The van der Waals surface area contributed by atoms with Gasteiger partial charge in [0.25, 0.3) is 0 Å². The van der Waals surface area contributed by atoms with Crippen molar-refractivity contribution in [2.75, 3.05) is 5.32 Å². The third kappa shape index (κ3) is 8.86. The Hall–Kier alpha value is -2.77. The first kappa shape index (κ1) is 24.5. The molecular weight excluding hydrogens is 443 g/mol. The molecule has 166 valence electrons. The van der Waals surface area contributed by atoms with Gasteiger partial charge in [0, 0.05) is 5.69 Å². The fraction of sp³-hybridized carbons (Fsp3) is 0.318. The van der Waals surface area contributed by atoms with Crippen LogP contribution in [0.5, 0.6) is 0 Å². The van der Waals surface area contributed by atoms with Crippen molar-refractivity contribution in [3.63, 3.8) is 0 Å². The molecule has 0 unspecified atom stereocenters. The molecule has 0 fully saturated rings. The van der Waals surface area contributed by atoms with Gasteiger partial charge in [0.15, 0.2) is 0 Å². The Morgan fingerprint density at radius 1 is 1.00 bits per heavy atom. The normalized spacial score (nSPS) is 11.9. The molecule has 0 heterocycles. The smallest absolute Gasteiger partial charge is 0.408 e. The maximum atomic E-state index is 12.8. The highest BCUT2D eigenvalue weighted by molar-refractivity contribution is 6.42. The topological polar surface area (TPSA) is 93.7 Å². The monoisotopic (exact) mass is 466 g/mol. The van der Waals surface area contributed by atoms with E-state index in [2.05, 4.69) is 10.6 Å². The zero-order valence-electron chi connectivity index (χ0n) is 17.4. The van der Waals surface area contributed by atoms with Crippen LogP contribution in [0.25, 0.3) is 0 Å². The van der Waals surface area contributed by atoms with E-state index < -0.39 is 29.6 Å². The SMILES string of the molecule is CC(C)(C)OC(=O)N[C@@H](CC(=O)OCc1ccccc1)C(=O)Nc1ccc(Cl)c(Cl)c1. The summed E-state index contributed by atoms with van der Waals surface area (Å²) in [5.74, 6) is -1.30. The minimum Gasteiger partial charge on any atom is -0.461 e. The van der Waals surface area contributed by atoms with Crippen LogP contribution in [0.1, 0.15) is 32.8 Å². The van der Waals surface area contributed by atoms with Gasteiger partial charge in [0.1, 0.15) is 18.2 Å². The number of amides is 2. The van der Waals surface area contributed by atoms with Gasteiger partial charge >= 0.3 is 12.1 Å². The number of esters is 1. The summed E-state index contributed by atoms with van der Waals surface area (Å²) in [6.07, 6.45) is -1.23. The van der Waals surface area contributed by atoms with Gasteiger partial charge in [0.05, 0.1) is 16.5 Å². The number of benzene rings is 2. The fourth-order valence-corrected chi connectivity index (χ4v) is 2.72. The minimum absolute atomic E-state index is 0.0489. The molecule has 2 amide bonds. The first-order valence-corrected chi connectivity index (χ1v) is 10.2. The van der Waals surface area contributed by atoms with Gasteiger partial charge in [-0.15, -0.1) is 0 Å². The Morgan fingerprint density at radius 2 is 1.68 bits per heavy atom. The number of rotatable bonds is 7. The van der Waals surface area contributed by atoms with Gasteiger partial charge in [-0.25, -0.2) is 4.79 Å². The van der Waals surface area contributed by atoms with Crippen molar-refractivity contribution in [3.05, 3.63) is 64.1 Å². The van der Waals surface area contributed by atoms with Crippen LogP contribution in [0.3, 0.4) is 0 Å². The molecule has 9 heteroatoms. The summed E-state index contributed by atoms with van der Waals surface area (Å²) < 4.78 is 10.4. The number of nitrogens with one attached hydrogen (secondary N) is 2. The van der Waals surface area contributed by atoms with Crippen LogP contribution < -0.4 is 10.6 Å². The quantitative estimate of drug-likeness (QED) is 0.562. The Morgan fingerprint density at radius 3 is 2.29 bits per heavy atom. The highest BCUT2D eigenvalue weighted by Crippen LogP contribution is 2.25. The Balaban J connectivity index is 2.06. The van der Waals surface area contributed by atoms with E-state index in [-0.39, 0.29) is 18.1 Å². The maximum absolute atomic E-state index is 12.8. The Bertz CT molecular complexity index is 929. The molecule has 2 aromatic carbocycles. The predicted molar refractivity (Wildman–Crippen MR) is 119 cm³/mol. The zero-order chi connectivity index (χ0) is 23.0. The van der Waals surface area contributed by atoms with Crippen molar-refractivity contribution in [2.45, 2.75) is 45.4 Å². The molecule has 1 atom stereocenters. The van der Waals surface area contributed by atoms with E-state index in [1.165, 1.54) is 12.1 Å². The van der Waals surface area contributed by atoms with Crippen molar-refractivity contribution in [2.24, 2.45) is 0 Å². The summed E-state index contributed by atoms with van der Waals surface area (Å²) in [5, 5.41) is 5.59. The molecule has 7 nitrogen and oxygen atoms in total. The second-order valence-electron chi connectivity index (χ2n) is 7.67. The van der Waals surface area contributed by atoms with Crippen molar-refractivity contribution < 1.29 is 23.9 Å². The van der Waals surface area contributed by atoms with E-state index in [0.29, 0.717) is 10.7 Å². The van der Waals surface area contributed by atoms with Gasteiger partial charge in [-0.1, -0.05) is 53.5 Å². The van der Waals surface area contributed by atoms with Gasteiger partial charge in [-0.05, 0) is 44.5 Å². The summed E-state index contributed by atoms with van der Waals surface area (Å²) in [5.41, 5.74) is 0.378. The lowest BCUT2D eigenvalue weighted by Crippen LogP contribution is -2.47. The lowest BCUT2D eigenvalue weighted by atomic mass is 10.1. The summed E-state index contributed by atoms with van der Waals surface area (Å²) in [7, 11) is 0. The number of halogens is 2. The molecule has 0 aromatic heterocycles. The molecule has 2 rings (SSSR count). The molecule has 2 aromatic rings. The van der Waals surface area contributed by atoms with Crippen LogP contribution in [0, 0.1) is 0 Å². The number of alkyl carbamates (subject to hydrolysis) is 1. The Kier molecular flexibility index (Phi) is 8.71. The zero-order valence-corrected chi connectivity index (χ0v) is 18.9. The number of hydrogen-bond donors (Lipinski definition) is 2. The lowest BCUT2D eigenvalue weighted by Gasteiger charge is -2.23. The summed E-state index contributed by atoms with van der Waals surface area (Å²) >= 11 is 11.9. The van der Waals surface area contributed by atoms with E-state index in [9.17, 15) is 14.4 Å². The van der Waals surface area contributed by atoms with Crippen molar-refractivity contribution >= 4 is 46.9 Å². The van der Waals surface area contributed by atoms with Crippen molar-refractivity contribution in [1.29, 1.82) is 0 Å². The molecule has 0 aliphatic heterocycles. The highest BCUT2D eigenvalue weighted by atomic mass is 35.5. The van der Waals surface area contributed by atoms with Crippen LogP contribution in [0.2, 0.25) is 10.0 Å². The molecule has 0 bridgehead atoms. The van der Waals surface area contributed by atoms with Gasteiger partial charge in [-0.2, -0.15) is 0 Å². The fourth-order valence-electron chi connectivity index (χ4n) is 2.43. The maximum Gasteiger partial charge on any atom is 0.408 e. The number of anilines is 1. The van der Waals surface area contributed by atoms with Crippen LogP contribution in [-0.2, 0) is 25.7 Å². The average molecular weight is 467 g/mol. The largest absolute Gasteiger partial charge is 0.461 e. The number of hydrogen-bond acceptors (Lipinski definition) is 5. The van der Waals surface area contributed by atoms with Crippen LogP contribution in [-0.4, -0.2) is 29.6 Å². The first-order chi connectivity index (χ1) is 14.5. The second-order valence-corrected chi connectivity index (χ2v) is 8.48. The van der Waals surface area contributed by atoms with E-state index in [0.717, 1.165) is 5.56 Å². The predicted octanol–water partition coefficient (Wildman–Crippen LogP) is 4.96. The molecule has 0 spiro atoms.